The van der Waals surface area contributed by atoms with Crippen molar-refractivity contribution in [3.05, 3.63) is 29.8 Å². The summed E-state index contributed by atoms with van der Waals surface area (Å²) in [4.78, 5) is 21.2. The number of hydrogen-bond acceptors (Lipinski definition) is 2. The highest BCUT2D eigenvalue weighted by atomic mass is 16.1. The van der Waals surface area contributed by atoms with Crippen LogP contribution in [0.1, 0.15) is 18.9 Å². The van der Waals surface area contributed by atoms with Crippen LogP contribution >= 0.6 is 0 Å². The Labute approximate surface area is 83.1 Å². The zero-order valence-corrected chi connectivity index (χ0v) is 8.12. The second-order valence-corrected chi connectivity index (χ2v) is 3.03. The zero-order chi connectivity index (χ0) is 10.4. The van der Waals surface area contributed by atoms with Crippen LogP contribution in [0.3, 0.4) is 0 Å². The van der Waals surface area contributed by atoms with Crippen LogP contribution in [0.15, 0.2) is 24.3 Å². The first kappa shape index (κ1) is 10.4. The van der Waals surface area contributed by atoms with Gasteiger partial charge in [0.1, 0.15) is 5.78 Å². The maximum Gasteiger partial charge on any atom is 0.211 e. The number of carbonyl (C=O) groups is 2. The largest absolute Gasteiger partial charge is 0.329 e. The predicted molar refractivity (Wildman–Crippen MR) is 55.1 cm³/mol. The van der Waals surface area contributed by atoms with Gasteiger partial charge in [-0.1, -0.05) is 19.1 Å². The Kier molecular flexibility index (Phi) is 3.85. The number of anilines is 1. The average Bonchev–Trinajstić information content (AvgIpc) is 2.21. The third-order valence-electron chi connectivity index (χ3n) is 1.98. The van der Waals surface area contributed by atoms with Crippen molar-refractivity contribution in [1.29, 1.82) is 0 Å². The Hall–Kier alpha value is -1.64. The van der Waals surface area contributed by atoms with Crippen LogP contribution in [0, 0.1) is 0 Å². The Bertz CT molecular complexity index is 317. The summed E-state index contributed by atoms with van der Waals surface area (Å²) in [5.74, 6) is 0.223. The van der Waals surface area contributed by atoms with Gasteiger partial charge in [0.25, 0.3) is 0 Å². The van der Waals surface area contributed by atoms with Gasteiger partial charge in [0, 0.05) is 18.5 Å². The fourth-order valence-corrected chi connectivity index (χ4v) is 1.14. The van der Waals surface area contributed by atoms with Gasteiger partial charge in [-0.3, -0.25) is 9.59 Å². The predicted octanol–water partition coefficient (Wildman–Crippen LogP) is 1.78. The summed E-state index contributed by atoms with van der Waals surface area (Å²) in [6, 6.07) is 7.26. The van der Waals surface area contributed by atoms with Gasteiger partial charge in [0.15, 0.2) is 0 Å². The van der Waals surface area contributed by atoms with E-state index < -0.39 is 0 Å². The first-order valence-electron chi connectivity index (χ1n) is 4.57. The van der Waals surface area contributed by atoms with Crippen molar-refractivity contribution in [1.82, 2.24) is 0 Å². The minimum absolute atomic E-state index is 0.223. The highest BCUT2D eigenvalue weighted by Gasteiger charge is 2.00. The van der Waals surface area contributed by atoms with Gasteiger partial charge in [0.2, 0.25) is 6.41 Å². The summed E-state index contributed by atoms with van der Waals surface area (Å²) in [6.07, 6.45) is 1.67. The molecule has 74 valence electrons. The summed E-state index contributed by atoms with van der Waals surface area (Å²) >= 11 is 0. The van der Waals surface area contributed by atoms with Crippen LogP contribution < -0.4 is 5.32 Å². The quantitative estimate of drug-likeness (QED) is 0.721. The number of nitrogens with one attached hydrogen (secondary N) is 1. The molecule has 14 heavy (non-hydrogen) atoms. The minimum atomic E-state index is 0.223. The number of ketones is 1. The third-order valence-corrected chi connectivity index (χ3v) is 1.98. The van der Waals surface area contributed by atoms with Gasteiger partial charge in [-0.25, -0.2) is 0 Å². The number of amides is 1. The molecule has 1 N–H and O–H groups in total. The molecule has 0 spiro atoms. The monoisotopic (exact) mass is 191 g/mol. The standard InChI is InChI=1S/C11H13NO2/c1-2-11(14)7-9-3-5-10(6-4-9)12-8-13/h3-6,8H,2,7H2,1H3,(H,12,13). The van der Waals surface area contributed by atoms with Crippen molar-refractivity contribution < 1.29 is 9.59 Å². The molecule has 1 amide bonds. The normalized spacial score (nSPS) is 9.50. The second-order valence-electron chi connectivity index (χ2n) is 3.03. The zero-order valence-electron chi connectivity index (χ0n) is 8.12. The number of carbonyl (C=O) groups excluding carboxylic acids is 2. The Morgan fingerprint density at radius 2 is 2.00 bits per heavy atom. The van der Waals surface area contributed by atoms with Crippen molar-refractivity contribution in [3.63, 3.8) is 0 Å². The number of Topliss-reactive ketones (excluding diaryl/α,β-unsaturated/α-hetero) is 1. The summed E-state index contributed by atoms with van der Waals surface area (Å²) < 4.78 is 0. The van der Waals surface area contributed by atoms with E-state index in [1.807, 2.05) is 19.1 Å². The molecule has 0 radical (unpaired) electrons. The fourth-order valence-electron chi connectivity index (χ4n) is 1.14. The van der Waals surface area contributed by atoms with E-state index in [1.54, 1.807) is 12.1 Å². The van der Waals surface area contributed by atoms with Crippen molar-refractivity contribution >= 4 is 17.9 Å². The van der Waals surface area contributed by atoms with E-state index in [0.717, 1.165) is 11.3 Å². The van der Waals surface area contributed by atoms with Gasteiger partial charge < -0.3 is 5.32 Å². The molecular formula is C11H13NO2. The summed E-state index contributed by atoms with van der Waals surface area (Å²) in [7, 11) is 0. The van der Waals surface area contributed by atoms with E-state index in [1.165, 1.54) is 0 Å². The molecule has 1 aromatic carbocycles. The topological polar surface area (TPSA) is 46.2 Å². The number of benzene rings is 1. The first-order chi connectivity index (χ1) is 6.76. The number of rotatable bonds is 5. The van der Waals surface area contributed by atoms with Crippen LogP contribution in [0.2, 0.25) is 0 Å². The van der Waals surface area contributed by atoms with Crippen molar-refractivity contribution in [2.75, 3.05) is 5.32 Å². The lowest BCUT2D eigenvalue weighted by Gasteiger charge is -2.01. The van der Waals surface area contributed by atoms with E-state index in [9.17, 15) is 9.59 Å². The van der Waals surface area contributed by atoms with Gasteiger partial charge in [-0.2, -0.15) is 0 Å². The molecule has 0 aromatic heterocycles. The van der Waals surface area contributed by atoms with E-state index in [0.29, 0.717) is 19.3 Å². The SMILES string of the molecule is CCC(=O)Cc1ccc(NC=O)cc1. The average molecular weight is 191 g/mol. The molecule has 1 rings (SSSR count). The maximum absolute atomic E-state index is 11.1. The van der Waals surface area contributed by atoms with Crippen LogP contribution in [-0.4, -0.2) is 12.2 Å². The van der Waals surface area contributed by atoms with Gasteiger partial charge in [-0.05, 0) is 17.7 Å². The van der Waals surface area contributed by atoms with Gasteiger partial charge in [-0.15, -0.1) is 0 Å². The molecule has 3 nitrogen and oxygen atoms in total. The highest BCUT2D eigenvalue weighted by Crippen LogP contribution is 2.09. The summed E-state index contributed by atoms with van der Waals surface area (Å²) in [5, 5.41) is 2.54. The van der Waals surface area contributed by atoms with E-state index >= 15 is 0 Å². The Balaban J connectivity index is 2.63. The Morgan fingerprint density at radius 1 is 1.36 bits per heavy atom. The van der Waals surface area contributed by atoms with Crippen LogP contribution in [0.5, 0.6) is 0 Å². The molecule has 0 saturated carbocycles. The van der Waals surface area contributed by atoms with Crippen molar-refractivity contribution in [2.24, 2.45) is 0 Å². The molecule has 0 aliphatic rings. The number of hydrogen-bond donors (Lipinski definition) is 1. The van der Waals surface area contributed by atoms with E-state index in [4.69, 9.17) is 0 Å². The van der Waals surface area contributed by atoms with E-state index in [2.05, 4.69) is 5.32 Å². The molecule has 0 aliphatic heterocycles. The van der Waals surface area contributed by atoms with Crippen molar-refractivity contribution in [3.8, 4) is 0 Å². The van der Waals surface area contributed by atoms with Gasteiger partial charge in [0.05, 0.1) is 0 Å². The Morgan fingerprint density at radius 3 is 2.50 bits per heavy atom. The van der Waals surface area contributed by atoms with Crippen LogP contribution in [0.4, 0.5) is 5.69 Å². The van der Waals surface area contributed by atoms with Crippen LogP contribution in [0.25, 0.3) is 0 Å². The van der Waals surface area contributed by atoms with Crippen LogP contribution in [-0.2, 0) is 16.0 Å². The molecule has 0 saturated heterocycles. The lowest BCUT2D eigenvalue weighted by molar-refractivity contribution is -0.118. The summed E-state index contributed by atoms with van der Waals surface area (Å²) in [5.41, 5.74) is 1.72. The minimum Gasteiger partial charge on any atom is -0.329 e. The molecule has 3 heteroatoms. The lowest BCUT2D eigenvalue weighted by atomic mass is 10.1. The molecule has 0 unspecified atom stereocenters. The highest BCUT2D eigenvalue weighted by molar-refractivity contribution is 5.80. The molecule has 1 aromatic rings. The molecule has 0 bridgehead atoms. The molecule has 0 fully saturated rings. The smallest absolute Gasteiger partial charge is 0.211 e. The first-order valence-corrected chi connectivity index (χ1v) is 4.57. The molecular weight excluding hydrogens is 178 g/mol. The molecule has 0 atom stereocenters. The second kappa shape index (κ2) is 5.17. The summed E-state index contributed by atoms with van der Waals surface area (Å²) in [6.45, 7) is 1.85. The molecule has 0 aliphatic carbocycles. The third kappa shape index (κ3) is 3.01. The molecule has 0 heterocycles. The maximum atomic E-state index is 11.1. The fraction of sp³-hybridized carbons (Fsp3) is 0.273. The lowest BCUT2D eigenvalue weighted by Crippen LogP contribution is -2.00. The van der Waals surface area contributed by atoms with Gasteiger partial charge >= 0.3 is 0 Å². The van der Waals surface area contributed by atoms with E-state index in [-0.39, 0.29) is 5.78 Å². The van der Waals surface area contributed by atoms with Crippen molar-refractivity contribution in [2.45, 2.75) is 19.8 Å².